The summed E-state index contributed by atoms with van der Waals surface area (Å²) in [6.07, 6.45) is 4.91. The molecule has 74 valence electrons. The van der Waals surface area contributed by atoms with Gasteiger partial charge in [0.2, 0.25) is 5.91 Å². The minimum atomic E-state index is 0.0127. The second-order valence-electron chi connectivity index (χ2n) is 4.12. The maximum absolute atomic E-state index is 11.3. The summed E-state index contributed by atoms with van der Waals surface area (Å²) in [5.41, 5.74) is 0.609. The fourth-order valence-electron chi connectivity index (χ4n) is 1.82. The molecule has 1 saturated carbocycles. The number of nitrogens with one attached hydrogen (secondary N) is 1. The highest BCUT2D eigenvalue weighted by molar-refractivity contribution is 5.92. The molecule has 0 spiro atoms. The second kappa shape index (κ2) is 4.45. The van der Waals surface area contributed by atoms with Crippen molar-refractivity contribution >= 4 is 5.91 Å². The summed E-state index contributed by atoms with van der Waals surface area (Å²) in [4.78, 5) is 11.3. The van der Waals surface area contributed by atoms with Crippen molar-refractivity contribution in [2.24, 2.45) is 5.92 Å². The molecule has 1 amide bonds. The van der Waals surface area contributed by atoms with E-state index < -0.39 is 0 Å². The molecule has 0 saturated heterocycles. The van der Waals surface area contributed by atoms with Crippen LogP contribution in [0.3, 0.4) is 0 Å². The molecule has 1 N–H and O–H groups in total. The first-order chi connectivity index (χ1) is 6.11. The predicted octanol–water partition coefficient (Wildman–Crippen LogP) is 2.26. The molecule has 0 bridgehead atoms. The van der Waals surface area contributed by atoms with Crippen LogP contribution in [-0.4, -0.2) is 11.9 Å². The Labute approximate surface area is 80.4 Å². The highest BCUT2D eigenvalue weighted by Gasteiger charge is 2.22. The van der Waals surface area contributed by atoms with Gasteiger partial charge in [0.05, 0.1) is 0 Å². The van der Waals surface area contributed by atoms with Gasteiger partial charge in [-0.25, -0.2) is 0 Å². The molecule has 1 fully saturated rings. The van der Waals surface area contributed by atoms with Crippen molar-refractivity contribution in [3.8, 4) is 0 Å². The van der Waals surface area contributed by atoms with E-state index in [1.54, 1.807) is 6.92 Å². The Kier molecular flexibility index (Phi) is 3.52. The molecular weight excluding hydrogens is 162 g/mol. The van der Waals surface area contributed by atoms with Crippen molar-refractivity contribution in [3.63, 3.8) is 0 Å². The summed E-state index contributed by atoms with van der Waals surface area (Å²) in [5.74, 6) is 0.635. The fraction of sp³-hybridized carbons (Fsp3) is 0.727. The third-order valence-electron chi connectivity index (χ3n) is 2.82. The number of hydrogen-bond acceptors (Lipinski definition) is 1. The van der Waals surface area contributed by atoms with Gasteiger partial charge in [-0.2, -0.15) is 0 Å². The van der Waals surface area contributed by atoms with Gasteiger partial charge < -0.3 is 5.32 Å². The lowest BCUT2D eigenvalue weighted by Gasteiger charge is -2.29. The van der Waals surface area contributed by atoms with Crippen LogP contribution in [0.5, 0.6) is 0 Å². The summed E-state index contributed by atoms with van der Waals surface area (Å²) in [5, 5.41) is 3.03. The number of carbonyl (C=O) groups is 1. The van der Waals surface area contributed by atoms with Gasteiger partial charge >= 0.3 is 0 Å². The van der Waals surface area contributed by atoms with E-state index in [-0.39, 0.29) is 5.91 Å². The maximum atomic E-state index is 11.3. The normalized spacial score (nSPS) is 28.2. The first-order valence-electron chi connectivity index (χ1n) is 5.07. The zero-order chi connectivity index (χ0) is 9.84. The van der Waals surface area contributed by atoms with Crippen LogP contribution in [-0.2, 0) is 4.79 Å². The minimum absolute atomic E-state index is 0.0127. The molecule has 2 atom stereocenters. The Hall–Kier alpha value is -0.790. The summed E-state index contributed by atoms with van der Waals surface area (Å²) in [6, 6.07) is 0.373. The minimum Gasteiger partial charge on any atom is -0.349 e. The SMILES string of the molecule is C=C(C)C(=O)NC1CCCCC1C. The van der Waals surface area contributed by atoms with Crippen LogP contribution in [0.1, 0.15) is 39.5 Å². The highest BCUT2D eigenvalue weighted by Crippen LogP contribution is 2.23. The van der Waals surface area contributed by atoms with Gasteiger partial charge in [0, 0.05) is 11.6 Å². The molecule has 0 aromatic rings. The van der Waals surface area contributed by atoms with Crippen molar-refractivity contribution in [1.82, 2.24) is 5.32 Å². The van der Waals surface area contributed by atoms with E-state index in [2.05, 4.69) is 18.8 Å². The number of amides is 1. The lowest BCUT2D eigenvalue weighted by molar-refractivity contribution is -0.118. The molecule has 0 aliphatic heterocycles. The summed E-state index contributed by atoms with van der Waals surface area (Å²) in [6.45, 7) is 7.60. The van der Waals surface area contributed by atoms with Crippen molar-refractivity contribution < 1.29 is 4.79 Å². The summed E-state index contributed by atoms with van der Waals surface area (Å²) < 4.78 is 0. The molecule has 0 radical (unpaired) electrons. The largest absolute Gasteiger partial charge is 0.349 e. The predicted molar refractivity (Wildman–Crippen MR) is 54.4 cm³/mol. The first-order valence-corrected chi connectivity index (χ1v) is 5.07. The van der Waals surface area contributed by atoms with Crippen molar-refractivity contribution in [2.45, 2.75) is 45.6 Å². The third kappa shape index (κ3) is 2.87. The molecule has 0 aromatic carbocycles. The van der Waals surface area contributed by atoms with E-state index in [1.165, 1.54) is 19.3 Å². The standard InChI is InChI=1S/C11H19NO/c1-8(2)11(13)12-10-7-5-4-6-9(10)3/h9-10H,1,4-7H2,2-3H3,(H,12,13). The van der Waals surface area contributed by atoms with Crippen molar-refractivity contribution in [1.29, 1.82) is 0 Å². The average molecular weight is 181 g/mol. The maximum Gasteiger partial charge on any atom is 0.246 e. The Morgan fingerprint density at radius 1 is 1.38 bits per heavy atom. The molecule has 1 aliphatic rings. The summed E-state index contributed by atoms with van der Waals surface area (Å²) in [7, 11) is 0. The van der Waals surface area contributed by atoms with Crippen LogP contribution in [0.15, 0.2) is 12.2 Å². The molecule has 0 heterocycles. The van der Waals surface area contributed by atoms with Gasteiger partial charge in [-0.05, 0) is 25.7 Å². The lowest BCUT2D eigenvalue weighted by atomic mass is 9.86. The van der Waals surface area contributed by atoms with E-state index >= 15 is 0 Å². The van der Waals surface area contributed by atoms with E-state index in [4.69, 9.17) is 0 Å². The number of carbonyl (C=O) groups excluding carboxylic acids is 1. The lowest BCUT2D eigenvalue weighted by Crippen LogP contribution is -2.41. The topological polar surface area (TPSA) is 29.1 Å². The van der Waals surface area contributed by atoms with Gasteiger partial charge in [-0.3, -0.25) is 4.79 Å². The monoisotopic (exact) mass is 181 g/mol. The fourth-order valence-corrected chi connectivity index (χ4v) is 1.82. The van der Waals surface area contributed by atoms with E-state index in [1.807, 2.05) is 0 Å². The zero-order valence-electron chi connectivity index (χ0n) is 8.60. The molecule has 2 unspecified atom stereocenters. The van der Waals surface area contributed by atoms with Gasteiger partial charge in [-0.15, -0.1) is 0 Å². The number of hydrogen-bond donors (Lipinski definition) is 1. The second-order valence-corrected chi connectivity index (χ2v) is 4.12. The molecule has 1 rings (SSSR count). The Morgan fingerprint density at radius 3 is 2.54 bits per heavy atom. The average Bonchev–Trinajstić information content (AvgIpc) is 2.08. The number of rotatable bonds is 2. The van der Waals surface area contributed by atoms with Crippen LogP contribution >= 0.6 is 0 Å². The Bertz CT molecular complexity index is 210. The molecule has 2 heteroatoms. The van der Waals surface area contributed by atoms with Crippen LogP contribution < -0.4 is 5.32 Å². The molecule has 2 nitrogen and oxygen atoms in total. The zero-order valence-corrected chi connectivity index (χ0v) is 8.60. The molecule has 0 aromatic heterocycles. The van der Waals surface area contributed by atoms with Crippen LogP contribution in [0.2, 0.25) is 0 Å². The van der Waals surface area contributed by atoms with Gasteiger partial charge in [0.1, 0.15) is 0 Å². The van der Waals surface area contributed by atoms with Gasteiger partial charge in [0.15, 0.2) is 0 Å². The molecule has 13 heavy (non-hydrogen) atoms. The molecule has 1 aliphatic carbocycles. The van der Waals surface area contributed by atoms with Crippen molar-refractivity contribution in [2.75, 3.05) is 0 Å². The first kappa shape index (κ1) is 10.3. The molecular formula is C11H19NO. The van der Waals surface area contributed by atoms with Crippen LogP contribution in [0.25, 0.3) is 0 Å². The highest BCUT2D eigenvalue weighted by atomic mass is 16.1. The van der Waals surface area contributed by atoms with Crippen molar-refractivity contribution in [3.05, 3.63) is 12.2 Å². The Balaban J connectivity index is 2.42. The van der Waals surface area contributed by atoms with Gasteiger partial charge in [0.25, 0.3) is 0 Å². The van der Waals surface area contributed by atoms with E-state index in [0.717, 1.165) is 6.42 Å². The summed E-state index contributed by atoms with van der Waals surface area (Å²) >= 11 is 0. The van der Waals surface area contributed by atoms with E-state index in [0.29, 0.717) is 17.5 Å². The Morgan fingerprint density at radius 2 is 2.00 bits per heavy atom. The van der Waals surface area contributed by atoms with Crippen LogP contribution in [0, 0.1) is 5.92 Å². The third-order valence-corrected chi connectivity index (χ3v) is 2.82. The van der Waals surface area contributed by atoms with Gasteiger partial charge in [-0.1, -0.05) is 26.3 Å². The van der Waals surface area contributed by atoms with Crippen LogP contribution in [0.4, 0.5) is 0 Å². The smallest absolute Gasteiger partial charge is 0.246 e. The quantitative estimate of drug-likeness (QED) is 0.650. The van der Waals surface area contributed by atoms with E-state index in [9.17, 15) is 4.79 Å².